The Morgan fingerprint density at radius 2 is 2.00 bits per heavy atom. The van der Waals surface area contributed by atoms with E-state index in [0.717, 1.165) is 26.1 Å². The van der Waals surface area contributed by atoms with Crippen molar-refractivity contribution in [3.63, 3.8) is 0 Å². The van der Waals surface area contributed by atoms with E-state index >= 15 is 0 Å². The first-order valence-electron chi connectivity index (χ1n) is 4.92. The van der Waals surface area contributed by atoms with Gasteiger partial charge in [0.2, 0.25) is 0 Å². The van der Waals surface area contributed by atoms with Gasteiger partial charge in [0.1, 0.15) is 0 Å². The second-order valence-corrected chi connectivity index (χ2v) is 2.86. The number of aliphatic hydroxyl groups is 1. The quantitative estimate of drug-likeness (QED) is 0.533. The van der Waals surface area contributed by atoms with Crippen LogP contribution in [-0.2, 0) is 4.74 Å². The molecule has 1 rings (SSSR count). The second kappa shape index (κ2) is 8.56. The monoisotopic (exact) mass is 201 g/mol. The van der Waals surface area contributed by atoms with E-state index in [-0.39, 0.29) is 0 Å². The third-order valence-electron chi connectivity index (χ3n) is 1.74. The van der Waals surface area contributed by atoms with Gasteiger partial charge in [-0.2, -0.15) is 0 Å². The van der Waals surface area contributed by atoms with E-state index in [1.54, 1.807) is 0 Å². The molecule has 1 aliphatic carbocycles. The number of oxime groups is 1. The molecule has 0 bridgehead atoms. The van der Waals surface area contributed by atoms with Gasteiger partial charge >= 0.3 is 0 Å². The van der Waals surface area contributed by atoms with Crippen molar-refractivity contribution >= 4 is 5.71 Å². The van der Waals surface area contributed by atoms with Crippen LogP contribution in [0.25, 0.3) is 0 Å². The molecule has 4 heteroatoms. The SMILES string of the molecule is CCOCC.O/N=C1\C=C(O)CCC1. The number of hydrogen-bond acceptors (Lipinski definition) is 4. The van der Waals surface area contributed by atoms with Gasteiger partial charge in [-0.25, -0.2) is 0 Å². The minimum Gasteiger partial charge on any atom is -0.512 e. The summed E-state index contributed by atoms with van der Waals surface area (Å²) in [6, 6.07) is 0. The summed E-state index contributed by atoms with van der Waals surface area (Å²) in [6.07, 6.45) is 3.85. The van der Waals surface area contributed by atoms with E-state index in [1.807, 2.05) is 13.8 Å². The van der Waals surface area contributed by atoms with Crippen molar-refractivity contribution in [2.45, 2.75) is 33.1 Å². The van der Waals surface area contributed by atoms with E-state index < -0.39 is 0 Å². The van der Waals surface area contributed by atoms with Crippen LogP contribution in [0.4, 0.5) is 0 Å². The predicted molar refractivity (Wildman–Crippen MR) is 56.0 cm³/mol. The van der Waals surface area contributed by atoms with Crippen LogP contribution in [0, 0.1) is 0 Å². The second-order valence-electron chi connectivity index (χ2n) is 2.86. The van der Waals surface area contributed by atoms with Crippen LogP contribution in [0.15, 0.2) is 17.0 Å². The van der Waals surface area contributed by atoms with Crippen LogP contribution in [0.1, 0.15) is 33.1 Å². The first kappa shape index (κ1) is 13.0. The van der Waals surface area contributed by atoms with Gasteiger partial charge in [0.25, 0.3) is 0 Å². The summed E-state index contributed by atoms with van der Waals surface area (Å²) < 4.78 is 4.83. The Kier molecular flexibility index (Phi) is 7.93. The highest BCUT2D eigenvalue weighted by molar-refractivity contribution is 5.95. The van der Waals surface area contributed by atoms with Gasteiger partial charge in [-0.15, -0.1) is 0 Å². The average molecular weight is 201 g/mol. The summed E-state index contributed by atoms with van der Waals surface area (Å²) in [5.41, 5.74) is 0.568. The highest BCUT2D eigenvalue weighted by Crippen LogP contribution is 2.12. The fourth-order valence-electron chi connectivity index (χ4n) is 1.07. The number of allylic oxidation sites excluding steroid dienone is 2. The molecule has 0 aromatic heterocycles. The van der Waals surface area contributed by atoms with Crippen molar-refractivity contribution in [2.24, 2.45) is 5.16 Å². The van der Waals surface area contributed by atoms with Crippen LogP contribution in [0.5, 0.6) is 0 Å². The Balaban J connectivity index is 0.000000292. The first-order valence-corrected chi connectivity index (χ1v) is 4.92. The van der Waals surface area contributed by atoms with Crippen molar-refractivity contribution in [1.82, 2.24) is 0 Å². The lowest BCUT2D eigenvalue weighted by molar-refractivity contribution is 0.162. The molecule has 0 atom stereocenters. The number of aliphatic hydroxyl groups excluding tert-OH is 1. The van der Waals surface area contributed by atoms with Gasteiger partial charge in [0.05, 0.1) is 11.5 Å². The number of rotatable bonds is 2. The summed E-state index contributed by atoms with van der Waals surface area (Å²) in [6.45, 7) is 5.67. The van der Waals surface area contributed by atoms with E-state index in [9.17, 15) is 0 Å². The maximum Gasteiger partial charge on any atom is 0.0942 e. The minimum absolute atomic E-state index is 0.314. The molecule has 0 saturated heterocycles. The van der Waals surface area contributed by atoms with E-state index in [1.165, 1.54) is 6.08 Å². The van der Waals surface area contributed by atoms with Crippen molar-refractivity contribution in [1.29, 1.82) is 0 Å². The molecular weight excluding hydrogens is 182 g/mol. The normalized spacial score (nSPS) is 18.4. The minimum atomic E-state index is 0.314. The molecule has 0 fully saturated rings. The summed E-state index contributed by atoms with van der Waals surface area (Å²) in [5, 5.41) is 20.1. The Bertz CT molecular complexity index is 198. The van der Waals surface area contributed by atoms with Crippen LogP contribution >= 0.6 is 0 Å². The van der Waals surface area contributed by atoms with Crippen LogP contribution in [0.2, 0.25) is 0 Å². The average Bonchev–Trinajstić information content (AvgIpc) is 2.20. The Labute approximate surface area is 84.9 Å². The molecule has 82 valence electrons. The zero-order chi connectivity index (χ0) is 10.8. The molecule has 0 aliphatic heterocycles. The lowest BCUT2D eigenvalue weighted by Gasteiger charge is -2.06. The summed E-state index contributed by atoms with van der Waals surface area (Å²) >= 11 is 0. The molecule has 1 aliphatic rings. The maximum absolute atomic E-state index is 8.88. The van der Waals surface area contributed by atoms with Crippen molar-refractivity contribution in [3.05, 3.63) is 11.8 Å². The number of ether oxygens (including phenoxy) is 1. The molecule has 0 aromatic rings. The van der Waals surface area contributed by atoms with E-state index in [0.29, 0.717) is 17.9 Å². The van der Waals surface area contributed by atoms with Crippen molar-refractivity contribution in [3.8, 4) is 0 Å². The topological polar surface area (TPSA) is 62.0 Å². The molecule has 0 saturated carbocycles. The molecule has 14 heavy (non-hydrogen) atoms. The lowest BCUT2D eigenvalue weighted by Crippen LogP contribution is -2.02. The van der Waals surface area contributed by atoms with E-state index in [2.05, 4.69) is 5.16 Å². The third-order valence-corrected chi connectivity index (χ3v) is 1.74. The van der Waals surface area contributed by atoms with Crippen LogP contribution < -0.4 is 0 Å². The van der Waals surface area contributed by atoms with Gasteiger partial charge in [0, 0.05) is 25.7 Å². The molecule has 0 heterocycles. The van der Waals surface area contributed by atoms with E-state index in [4.69, 9.17) is 15.1 Å². The fraction of sp³-hybridized carbons (Fsp3) is 0.700. The van der Waals surface area contributed by atoms with Crippen LogP contribution in [-0.4, -0.2) is 29.2 Å². The molecule has 0 aromatic carbocycles. The fourth-order valence-corrected chi connectivity index (χ4v) is 1.07. The third kappa shape index (κ3) is 6.48. The van der Waals surface area contributed by atoms with Gasteiger partial charge in [-0.05, 0) is 26.7 Å². The molecule has 0 spiro atoms. The highest BCUT2D eigenvalue weighted by Gasteiger charge is 2.06. The molecular formula is C10H19NO3. The summed E-state index contributed by atoms with van der Waals surface area (Å²) in [5.74, 6) is 0.314. The van der Waals surface area contributed by atoms with Crippen molar-refractivity contribution in [2.75, 3.05) is 13.2 Å². The zero-order valence-electron chi connectivity index (χ0n) is 8.86. The van der Waals surface area contributed by atoms with Crippen LogP contribution in [0.3, 0.4) is 0 Å². The predicted octanol–water partition coefficient (Wildman–Crippen LogP) is 2.49. The maximum atomic E-state index is 8.88. The molecule has 2 N–H and O–H groups in total. The summed E-state index contributed by atoms with van der Waals surface area (Å²) in [7, 11) is 0. The Hall–Kier alpha value is -1.03. The standard InChI is InChI=1S/C6H9NO2.C4H10O/c8-6-3-1-2-5(4-6)7-9;1-3-5-4-2/h4,8-9H,1-3H2;3-4H2,1-2H3/b7-5-;. The number of hydrogen-bond donors (Lipinski definition) is 2. The smallest absolute Gasteiger partial charge is 0.0942 e. The number of nitrogens with zero attached hydrogens (tertiary/aromatic N) is 1. The van der Waals surface area contributed by atoms with Gasteiger partial charge in [-0.3, -0.25) is 0 Å². The molecule has 0 radical (unpaired) electrons. The summed E-state index contributed by atoms with van der Waals surface area (Å²) in [4.78, 5) is 0. The van der Waals surface area contributed by atoms with Gasteiger partial charge in [0.15, 0.2) is 0 Å². The molecule has 0 unspecified atom stereocenters. The Morgan fingerprint density at radius 3 is 2.29 bits per heavy atom. The largest absolute Gasteiger partial charge is 0.512 e. The molecule has 0 amide bonds. The first-order chi connectivity index (χ1) is 6.74. The van der Waals surface area contributed by atoms with Gasteiger partial charge < -0.3 is 15.1 Å². The zero-order valence-corrected chi connectivity index (χ0v) is 8.86. The Morgan fingerprint density at radius 1 is 1.36 bits per heavy atom. The van der Waals surface area contributed by atoms with Gasteiger partial charge in [-0.1, -0.05) is 5.16 Å². The highest BCUT2D eigenvalue weighted by atomic mass is 16.5. The van der Waals surface area contributed by atoms with Crippen molar-refractivity contribution < 1.29 is 15.1 Å². The molecule has 4 nitrogen and oxygen atoms in total. The lowest BCUT2D eigenvalue weighted by atomic mass is 10.0.